The quantitative estimate of drug-likeness (QED) is 0.595. The summed E-state index contributed by atoms with van der Waals surface area (Å²) in [6.07, 6.45) is 0.907. The van der Waals surface area contributed by atoms with Crippen LogP contribution in [0.15, 0.2) is 30.3 Å². The van der Waals surface area contributed by atoms with E-state index in [-0.39, 0.29) is 0 Å². The summed E-state index contributed by atoms with van der Waals surface area (Å²) in [5.41, 5.74) is 2.87. The Balaban J connectivity index is 1.72. The number of hydrogen-bond acceptors (Lipinski definition) is 4. The number of anilines is 2. The molecule has 7 heteroatoms. The van der Waals surface area contributed by atoms with Crippen molar-refractivity contribution in [2.45, 2.75) is 19.9 Å². The molecule has 0 saturated carbocycles. The van der Waals surface area contributed by atoms with Gasteiger partial charge < -0.3 is 19.7 Å². The molecule has 1 aliphatic heterocycles. The summed E-state index contributed by atoms with van der Waals surface area (Å²) in [5.74, 6) is 0.673. The minimum Gasteiger partial charge on any atom is -0.492 e. The van der Waals surface area contributed by atoms with Crippen molar-refractivity contribution >= 4 is 46.2 Å². The second-order valence-electron chi connectivity index (χ2n) is 6.34. The predicted molar refractivity (Wildman–Crippen MR) is 114 cm³/mol. The normalized spacial score (nSPS) is 14.3. The lowest BCUT2D eigenvalue weighted by Gasteiger charge is -2.29. The molecule has 2 aromatic rings. The Morgan fingerprint density at radius 2 is 1.85 bits per heavy atom. The molecule has 1 heterocycles. The Hall–Kier alpha value is -1.33. The van der Waals surface area contributed by atoms with E-state index in [0.29, 0.717) is 34.0 Å². The lowest BCUT2D eigenvalue weighted by molar-refractivity contribution is 0.122. The SMILES string of the molecule is CCCOc1c(Cl)cc(Cl)cc1CNc1ccc(N2CCOCC2)c(Cl)c1. The number of benzene rings is 2. The number of hydrogen-bond donors (Lipinski definition) is 1. The van der Waals surface area contributed by atoms with Gasteiger partial charge in [-0.25, -0.2) is 0 Å². The molecule has 1 fully saturated rings. The number of nitrogens with one attached hydrogen (secondary N) is 1. The molecule has 0 aliphatic carbocycles. The van der Waals surface area contributed by atoms with Gasteiger partial charge >= 0.3 is 0 Å². The lowest BCUT2D eigenvalue weighted by atomic mass is 10.2. The van der Waals surface area contributed by atoms with E-state index < -0.39 is 0 Å². The highest BCUT2D eigenvalue weighted by molar-refractivity contribution is 6.35. The zero-order valence-electron chi connectivity index (χ0n) is 15.2. The largest absolute Gasteiger partial charge is 0.492 e. The first-order valence-corrected chi connectivity index (χ1v) is 10.2. The van der Waals surface area contributed by atoms with Crippen LogP contribution >= 0.6 is 34.8 Å². The third kappa shape index (κ3) is 5.35. The van der Waals surface area contributed by atoms with Crippen molar-refractivity contribution in [3.05, 3.63) is 51.0 Å². The molecule has 1 saturated heterocycles. The van der Waals surface area contributed by atoms with Crippen LogP contribution in [-0.2, 0) is 11.3 Å². The van der Waals surface area contributed by atoms with E-state index in [1.165, 1.54) is 0 Å². The average molecular weight is 430 g/mol. The van der Waals surface area contributed by atoms with Gasteiger partial charge in [-0.15, -0.1) is 0 Å². The molecule has 0 radical (unpaired) electrons. The molecule has 0 aromatic heterocycles. The third-order valence-electron chi connectivity index (χ3n) is 4.32. The van der Waals surface area contributed by atoms with Crippen molar-refractivity contribution in [1.29, 1.82) is 0 Å². The van der Waals surface area contributed by atoms with E-state index >= 15 is 0 Å². The molecule has 0 amide bonds. The van der Waals surface area contributed by atoms with Crippen molar-refractivity contribution in [2.24, 2.45) is 0 Å². The lowest BCUT2D eigenvalue weighted by Crippen LogP contribution is -2.36. The first-order valence-electron chi connectivity index (χ1n) is 9.05. The van der Waals surface area contributed by atoms with E-state index in [9.17, 15) is 0 Å². The molecule has 4 nitrogen and oxygen atoms in total. The highest BCUT2D eigenvalue weighted by Crippen LogP contribution is 2.34. The van der Waals surface area contributed by atoms with Gasteiger partial charge in [0.05, 0.1) is 35.6 Å². The highest BCUT2D eigenvalue weighted by atomic mass is 35.5. The van der Waals surface area contributed by atoms with Crippen LogP contribution in [0.5, 0.6) is 5.75 Å². The van der Waals surface area contributed by atoms with Crippen molar-refractivity contribution in [2.75, 3.05) is 43.1 Å². The fourth-order valence-electron chi connectivity index (χ4n) is 2.99. The van der Waals surface area contributed by atoms with Crippen LogP contribution in [0.3, 0.4) is 0 Å². The minimum atomic E-state index is 0.522. The van der Waals surface area contributed by atoms with Crippen molar-refractivity contribution in [1.82, 2.24) is 0 Å². The molecule has 1 aliphatic rings. The van der Waals surface area contributed by atoms with E-state index in [4.69, 9.17) is 44.3 Å². The second-order valence-corrected chi connectivity index (χ2v) is 7.59. The summed E-state index contributed by atoms with van der Waals surface area (Å²) in [6, 6.07) is 9.57. The molecular formula is C20H23Cl3N2O2. The van der Waals surface area contributed by atoms with Crippen molar-refractivity contribution in [3.63, 3.8) is 0 Å². The smallest absolute Gasteiger partial charge is 0.142 e. The maximum absolute atomic E-state index is 6.51. The van der Waals surface area contributed by atoms with Crippen LogP contribution in [0.4, 0.5) is 11.4 Å². The molecule has 2 aromatic carbocycles. The number of nitrogens with zero attached hydrogens (tertiary/aromatic N) is 1. The van der Waals surface area contributed by atoms with Crippen molar-refractivity contribution in [3.8, 4) is 5.75 Å². The molecule has 3 rings (SSSR count). The van der Waals surface area contributed by atoms with Gasteiger partial charge in [0.25, 0.3) is 0 Å². The summed E-state index contributed by atoms with van der Waals surface area (Å²) in [4.78, 5) is 2.24. The molecule has 0 atom stereocenters. The summed E-state index contributed by atoms with van der Waals surface area (Å²) in [7, 11) is 0. The molecule has 0 spiro atoms. The van der Waals surface area contributed by atoms with Crippen LogP contribution in [0, 0.1) is 0 Å². The predicted octanol–water partition coefficient (Wildman–Crippen LogP) is 5.88. The van der Waals surface area contributed by atoms with Crippen LogP contribution in [0.25, 0.3) is 0 Å². The monoisotopic (exact) mass is 428 g/mol. The van der Waals surface area contributed by atoms with Crippen LogP contribution in [-0.4, -0.2) is 32.9 Å². The number of rotatable bonds is 7. The Bertz CT molecular complexity index is 780. The minimum absolute atomic E-state index is 0.522. The molecule has 27 heavy (non-hydrogen) atoms. The van der Waals surface area contributed by atoms with E-state index in [1.54, 1.807) is 6.07 Å². The number of halogens is 3. The van der Waals surface area contributed by atoms with Gasteiger partial charge in [-0.1, -0.05) is 41.7 Å². The zero-order chi connectivity index (χ0) is 19.2. The summed E-state index contributed by atoms with van der Waals surface area (Å²) in [6.45, 7) is 6.36. The molecule has 0 bridgehead atoms. The second kappa shape index (κ2) is 9.74. The Morgan fingerprint density at radius 3 is 2.56 bits per heavy atom. The first kappa shape index (κ1) is 20.4. The van der Waals surface area contributed by atoms with Gasteiger partial charge in [0.15, 0.2) is 0 Å². The summed E-state index contributed by atoms with van der Waals surface area (Å²) in [5, 5.41) is 5.20. The van der Waals surface area contributed by atoms with Gasteiger partial charge in [0.1, 0.15) is 5.75 Å². The number of ether oxygens (including phenoxy) is 2. The maximum atomic E-state index is 6.51. The van der Waals surface area contributed by atoms with Gasteiger partial charge in [0.2, 0.25) is 0 Å². The zero-order valence-corrected chi connectivity index (χ0v) is 17.5. The van der Waals surface area contributed by atoms with Crippen LogP contribution in [0.1, 0.15) is 18.9 Å². The Kier molecular flexibility index (Phi) is 7.36. The van der Waals surface area contributed by atoms with Crippen molar-refractivity contribution < 1.29 is 9.47 Å². The van der Waals surface area contributed by atoms with E-state index in [2.05, 4.69) is 17.1 Å². The van der Waals surface area contributed by atoms with Gasteiger partial charge in [0, 0.05) is 35.9 Å². The molecular weight excluding hydrogens is 407 g/mol. The fraction of sp³-hybridized carbons (Fsp3) is 0.400. The molecule has 1 N–H and O–H groups in total. The van der Waals surface area contributed by atoms with Gasteiger partial charge in [-0.05, 0) is 36.8 Å². The van der Waals surface area contributed by atoms with Gasteiger partial charge in [-0.3, -0.25) is 0 Å². The third-order valence-corrected chi connectivity index (χ3v) is 5.12. The first-order chi connectivity index (χ1) is 13.1. The van der Waals surface area contributed by atoms with E-state index in [1.807, 2.05) is 24.3 Å². The Labute approximate surface area is 175 Å². The maximum Gasteiger partial charge on any atom is 0.142 e. The molecule has 146 valence electrons. The van der Waals surface area contributed by atoms with E-state index in [0.717, 1.165) is 49.7 Å². The topological polar surface area (TPSA) is 33.7 Å². The summed E-state index contributed by atoms with van der Waals surface area (Å²) < 4.78 is 11.2. The number of morpholine rings is 1. The standard InChI is InChI=1S/C20H23Cl3N2O2/c1-2-7-27-20-14(10-15(21)11-18(20)23)13-24-16-3-4-19(17(22)12-16)25-5-8-26-9-6-25/h3-4,10-12,24H,2,5-9,13H2,1H3. The van der Waals surface area contributed by atoms with Crippen LogP contribution < -0.4 is 15.0 Å². The van der Waals surface area contributed by atoms with Crippen LogP contribution in [0.2, 0.25) is 15.1 Å². The summed E-state index contributed by atoms with van der Waals surface area (Å²) >= 11 is 19.0. The van der Waals surface area contributed by atoms with Gasteiger partial charge in [-0.2, -0.15) is 0 Å². The average Bonchev–Trinajstić information content (AvgIpc) is 2.66. The molecule has 0 unspecified atom stereocenters. The highest BCUT2D eigenvalue weighted by Gasteiger charge is 2.15. The Morgan fingerprint density at radius 1 is 1.07 bits per heavy atom. The fourth-order valence-corrected chi connectivity index (χ4v) is 3.88.